The fourth-order valence-corrected chi connectivity index (χ4v) is 3.62. The minimum absolute atomic E-state index is 0.136. The van der Waals surface area contributed by atoms with Crippen LogP contribution in [0.5, 0.6) is 0 Å². The molecule has 21 heavy (non-hydrogen) atoms. The number of aromatic amines is 1. The fraction of sp³-hybridized carbons (Fsp3) is 0.667. The van der Waals surface area contributed by atoms with Crippen molar-refractivity contribution in [1.82, 2.24) is 15.5 Å². The summed E-state index contributed by atoms with van der Waals surface area (Å²) in [5, 5.41) is 9.15. The Morgan fingerprint density at radius 3 is 2.90 bits per heavy atom. The second-order valence-electron chi connectivity index (χ2n) is 4.96. The number of rotatable bonds is 5. The first-order chi connectivity index (χ1) is 9.93. The standard InChI is InChI=1S/C12H18ClN3O4S/c1-2-4-9-11(21(13,18)19)10(16-15-9)12(17)14-8-5-3-6-20-7-8/h8H,2-7H2,1H3,(H,14,17)(H,15,16). The average Bonchev–Trinajstić information content (AvgIpc) is 2.84. The van der Waals surface area contributed by atoms with Gasteiger partial charge in [-0.15, -0.1) is 0 Å². The van der Waals surface area contributed by atoms with Crippen LogP contribution >= 0.6 is 10.7 Å². The molecule has 1 aliphatic heterocycles. The van der Waals surface area contributed by atoms with Gasteiger partial charge in [0, 0.05) is 17.3 Å². The number of carbonyl (C=O) groups is 1. The van der Waals surface area contributed by atoms with Crippen LogP contribution in [0.15, 0.2) is 4.90 Å². The minimum Gasteiger partial charge on any atom is -0.379 e. The Morgan fingerprint density at radius 1 is 1.57 bits per heavy atom. The van der Waals surface area contributed by atoms with E-state index in [0.29, 0.717) is 31.7 Å². The van der Waals surface area contributed by atoms with Gasteiger partial charge in [0.2, 0.25) is 0 Å². The van der Waals surface area contributed by atoms with Gasteiger partial charge in [-0.2, -0.15) is 5.10 Å². The molecule has 1 fully saturated rings. The first kappa shape index (κ1) is 16.3. The first-order valence-electron chi connectivity index (χ1n) is 6.84. The lowest BCUT2D eigenvalue weighted by molar-refractivity contribution is 0.0620. The van der Waals surface area contributed by atoms with E-state index in [0.717, 1.165) is 12.8 Å². The number of hydrogen-bond donors (Lipinski definition) is 2. The number of ether oxygens (including phenoxy) is 1. The third-order valence-electron chi connectivity index (χ3n) is 3.25. The number of H-pyrrole nitrogens is 1. The zero-order valence-electron chi connectivity index (χ0n) is 11.7. The van der Waals surface area contributed by atoms with Gasteiger partial charge in [0.05, 0.1) is 18.3 Å². The van der Waals surface area contributed by atoms with Crippen LogP contribution in [0.3, 0.4) is 0 Å². The zero-order chi connectivity index (χ0) is 15.5. The Bertz CT molecular complexity index is 608. The van der Waals surface area contributed by atoms with Gasteiger partial charge in [0.15, 0.2) is 5.69 Å². The van der Waals surface area contributed by atoms with Gasteiger partial charge in [-0.25, -0.2) is 8.42 Å². The van der Waals surface area contributed by atoms with Crippen LogP contribution in [0, 0.1) is 0 Å². The number of aryl methyl sites for hydroxylation is 1. The molecule has 118 valence electrons. The van der Waals surface area contributed by atoms with Crippen molar-refractivity contribution in [2.24, 2.45) is 0 Å². The summed E-state index contributed by atoms with van der Waals surface area (Å²) < 4.78 is 28.7. The molecule has 1 aliphatic rings. The molecule has 9 heteroatoms. The summed E-state index contributed by atoms with van der Waals surface area (Å²) in [7, 11) is 1.40. The Balaban J connectivity index is 2.24. The Kier molecular flexibility index (Phi) is 5.23. The van der Waals surface area contributed by atoms with Crippen LogP contribution in [0.2, 0.25) is 0 Å². The smallest absolute Gasteiger partial charge is 0.273 e. The predicted octanol–water partition coefficient (Wildman–Crippen LogP) is 1.20. The predicted molar refractivity (Wildman–Crippen MR) is 76.9 cm³/mol. The number of nitrogens with zero attached hydrogens (tertiary/aromatic N) is 1. The van der Waals surface area contributed by atoms with Crippen molar-refractivity contribution >= 4 is 25.6 Å². The molecule has 0 spiro atoms. The second-order valence-corrected chi connectivity index (χ2v) is 7.46. The molecule has 1 aromatic rings. The van der Waals surface area contributed by atoms with Crippen molar-refractivity contribution in [3.63, 3.8) is 0 Å². The van der Waals surface area contributed by atoms with E-state index in [-0.39, 0.29) is 16.6 Å². The maximum absolute atomic E-state index is 12.2. The summed E-state index contributed by atoms with van der Waals surface area (Å²) in [6.07, 6.45) is 2.81. The molecular weight excluding hydrogens is 318 g/mol. The Labute approximate surface area is 127 Å². The lowest BCUT2D eigenvalue weighted by atomic mass is 10.1. The van der Waals surface area contributed by atoms with E-state index in [1.165, 1.54) is 0 Å². The molecule has 0 bridgehead atoms. The number of carbonyl (C=O) groups excluding carboxylic acids is 1. The van der Waals surface area contributed by atoms with Crippen molar-refractivity contribution in [2.75, 3.05) is 13.2 Å². The lowest BCUT2D eigenvalue weighted by Gasteiger charge is -2.22. The summed E-state index contributed by atoms with van der Waals surface area (Å²) >= 11 is 0. The fourth-order valence-electron chi connectivity index (χ4n) is 2.31. The molecule has 2 N–H and O–H groups in total. The van der Waals surface area contributed by atoms with E-state index in [1.54, 1.807) is 0 Å². The topological polar surface area (TPSA) is 101 Å². The molecule has 0 aromatic carbocycles. The van der Waals surface area contributed by atoms with Crippen LogP contribution < -0.4 is 5.32 Å². The molecule has 2 rings (SSSR count). The van der Waals surface area contributed by atoms with Gasteiger partial charge in [-0.3, -0.25) is 9.89 Å². The zero-order valence-corrected chi connectivity index (χ0v) is 13.3. The van der Waals surface area contributed by atoms with E-state index < -0.39 is 15.0 Å². The number of hydrogen-bond acceptors (Lipinski definition) is 5. The summed E-state index contributed by atoms with van der Waals surface area (Å²) in [6.45, 7) is 2.99. The average molecular weight is 336 g/mol. The molecule has 1 aromatic heterocycles. The maximum Gasteiger partial charge on any atom is 0.273 e. The van der Waals surface area contributed by atoms with Crippen LogP contribution in [-0.2, 0) is 20.2 Å². The van der Waals surface area contributed by atoms with Crippen LogP contribution in [0.4, 0.5) is 0 Å². The first-order valence-corrected chi connectivity index (χ1v) is 9.15. The quantitative estimate of drug-likeness (QED) is 0.787. The molecule has 2 heterocycles. The van der Waals surface area contributed by atoms with Gasteiger partial charge in [0.25, 0.3) is 15.0 Å². The van der Waals surface area contributed by atoms with E-state index in [2.05, 4.69) is 15.5 Å². The highest BCUT2D eigenvalue weighted by Gasteiger charge is 2.29. The minimum atomic E-state index is -4.04. The summed E-state index contributed by atoms with van der Waals surface area (Å²) in [4.78, 5) is 12.0. The monoisotopic (exact) mass is 335 g/mol. The molecule has 0 saturated carbocycles. The number of amides is 1. The summed E-state index contributed by atoms with van der Waals surface area (Å²) in [5.41, 5.74) is 0.177. The number of nitrogens with one attached hydrogen (secondary N) is 2. The van der Waals surface area contributed by atoms with Gasteiger partial charge in [-0.05, 0) is 19.3 Å². The van der Waals surface area contributed by atoms with Crippen LogP contribution in [-0.4, -0.2) is 43.8 Å². The molecule has 0 radical (unpaired) electrons. The maximum atomic E-state index is 12.2. The van der Waals surface area contributed by atoms with Crippen molar-refractivity contribution in [3.8, 4) is 0 Å². The van der Waals surface area contributed by atoms with E-state index in [1.807, 2.05) is 6.92 Å². The molecular formula is C12H18ClN3O4S. The largest absolute Gasteiger partial charge is 0.379 e. The highest BCUT2D eigenvalue weighted by Crippen LogP contribution is 2.24. The SMILES string of the molecule is CCCc1[nH]nc(C(=O)NC2CCCOC2)c1S(=O)(=O)Cl. The van der Waals surface area contributed by atoms with Crippen molar-refractivity contribution in [1.29, 1.82) is 0 Å². The van der Waals surface area contributed by atoms with E-state index in [9.17, 15) is 13.2 Å². The molecule has 1 unspecified atom stereocenters. The highest BCUT2D eigenvalue weighted by atomic mass is 35.7. The van der Waals surface area contributed by atoms with Gasteiger partial charge < -0.3 is 10.1 Å². The molecule has 1 atom stereocenters. The third-order valence-corrected chi connectivity index (χ3v) is 4.64. The third kappa shape index (κ3) is 3.96. The van der Waals surface area contributed by atoms with Crippen molar-refractivity contribution in [2.45, 2.75) is 43.5 Å². The number of halogens is 1. The second kappa shape index (κ2) is 6.76. The number of aromatic nitrogens is 2. The van der Waals surface area contributed by atoms with E-state index in [4.69, 9.17) is 15.4 Å². The normalized spacial score (nSPS) is 19.4. The lowest BCUT2D eigenvalue weighted by Crippen LogP contribution is -2.41. The molecule has 7 nitrogen and oxygen atoms in total. The summed E-state index contributed by atoms with van der Waals surface area (Å²) in [5.74, 6) is -0.552. The Morgan fingerprint density at radius 2 is 2.33 bits per heavy atom. The van der Waals surface area contributed by atoms with E-state index >= 15 is 0 Å². The van der Waals surface area contributed by atoms with Crippen LogP contribution in [0.25, 0.3) is 0 Å². The Hall–Kier alpha value is -1.12. The van der Waals surface area contributed by atoms with Gasteiger partial charge in [0.1, 0.15) is 4.90 Å². The van der Waals surface area contributed by atoms with Crippen molar-refractivity contribution < 1.29 is 17.9 Å². The highest BCUT2D eigenvalue weighted by molar-refractivity contribution is 8.13. The van der Waals surface area contributed by atoms with Crippen molar-refractivity contribution in [3.05, 3.63) is 11.4 Å². The summed E-state index contributed by atoms with van der Waals surface area (Å²) in [6, 6.07) is -0.136. The molecule has 1 saturated heterocycles. The molecule has 1 amide bonds. The van der Waals surface area contributed by atoms with Gasteiger partial charge in [-0.1, -0.05) is 13.3 Å². The molecule has 0 aliphatic carbocycles. The van der Waals surface area contributed by atoms with Gasteiger partial charge >= 0.3 is 0 Å². The van der Waals surface area contributed by atoms with Crippen LogP contribution in [0.1, 0.15) is 42.4 Å².